The number of hydrogen-bond donors (Lipinski definition) is 1. The van der Waals surface area contributed by atoms with Crippen LogP contribution in [0.1, 0.15) is 17.3 Å². The highest BCUT2D eigenvalue weighted by Gasteiger charge is 2.06. The standard InChI is InChI=1S/C9H9FO2S/c1-2-12-8-4-3-6(9(11)13)5-7(8)10/h3-5H,2H2,1H3,(H,11,13). The molecule has 4 heteroatoms. The first-order valence-electron chi connectivity index (χ1n) is 3.80. The molecule has 0 aliphatic rings. The molecule has 0 aliphatic heterocycles. The largest absolute Gasteiger partial charge is 0.491 e. The molecule has 0 N–H and O–H groups in total. The van der Waals surface area contributed by atoms with Gasteiger partial charge >= 0.3 is 0 Å². The van der Waals surface area contributed by atoms with Gasteiger partial charge in [-0.25, -0.2) is 4.39 Å². The molecule has 0 amide bonds. The Hall–Kier alpha value is -1.03. The van der Waals surface area contributed by atoms with Gasteiger partial charge in [-0.1, -0.05) is 0 Å². The molecule has 1 aromatic rings. The molecule has 1 rings (SSSR count). The normalized spacial score (nSPS) is 9.77. The summed E-state index contributed by atoms with van der Waals surface area (Å²) < 4.78 is 18.0. The van der Waals surface area contributed by atoms with E-state index in [2.05, 4.69) is 12.6 Å². The van der Waals surface area contributed by atoms with Gasteiger partial charge in [0.05, 0.1) is 6.61 Å². The summed E-state index contributed by atoms with van der Waals surface area (Å²) in [5, 5.41) is -0.457. The monoisotopic (exact) mass is 200 g/mol. The molecule has 0 atom stereocenters. The van der Waals surface area contributed by atoms with Crippen molar-refractivity contribution in [3.05, 3.63) is 29.6 Å². The number of halogens is 1. The molecule has 0 spiro atoms. The van der Waals surface area contributed by atoms with Gasteiger partial charge in [-0.3, -0.25) is 4.79 Å². The van der Waals surface area contributed by atoms with E-state index >= 15 is 0 Å². The van der Waals surface area contributed by atoms with Gasteiger partial charge in [-0.15, -0.1) is 12.6 Å². The first-order valence-corrected chi connectivity index (χ1v) is 4.25. The van der Waals surface area contributed by atoms with Crippen LogP contribution in [0.4, 0.5) is 4.39 Å². The van der Waals surface area contributed by atoms with Crippen molar-refractivity contribution >= 4 is 17.7 Å². The third kappa shape index (κ3) is 2.45. The van der Waals surface area contributed by atoms with Gasteiger partial charge in [-0.2, -0.15) is 0 Å². The summed E-state index contributed by atoms with van der Waals surface area (Å²) in [5.74, 6) is -0.386. The molecule has 0 bridgehead atoms. The van der Waals surface area contributed by atoms with E-state index in [1.54, 1.807) is 6.92 Å². The van der Waals surface area contributed by atoms with Crippen molar-refractivity contribution in [1.82, 2.24) is 0 Å². The lowest BCUT2D eigenvalue weighted by atomic mass is 10.2. The summed E-state index contributed by atoms with van der Waals surface area (Å²) >= 11 is 3.57. The molecule has 0 heterocycles. The van der Waals surface area contributed by atoms with E-state index in [0.717, 1.165) is 6.07 Å². The molecule has 0 unspecified atom stereocenters. The molecule has 0 aliphatic carbocycles. The van der Waals surface area contributed by atoms with Crippen LogP contribution in [-0.2, 0) is 0 Å². The average Bonchev–Trinajstić information content (AvgIpc) is 2.08. The molecule has 1 aromatic carbocycles. The number of ether oxygens (including phenoxy) is 1. The number of carbonyl (C=O) groups is 1. The highest BCUT2D eigenvalue weighted by Crippen LogP contribution is 2.18. The van der Waals surface area contributed by atoms with Crippen molar-refractivity contribution in [2.24, 2.45) is 0 Å². The molecule has 13 heavy (non-hydrogen) atoms. The number of carbonyl (C=O) groups excluding carboxylic acids is 1. The van der Waals surface area contributed by atoms with Crippen LogP contribution >= 0.6 is 12.6 Å². The minimum atomic E-state index is -0.540. The van der Waals surface area contributed by atoms with Crippen LogP contribution in [0.15, 0.2) is 18.2 Å². The molecule has 0 aromatic heterocycles. The van der Waals surface area contributed by atoms with Gasteiger partial charge in [0.25, 0.3) is 0 Å². The second-order valence-corrected chi connectivity index (χ2v) is 2.79. The number of thiol groups is 1. The number of hydrogen-bond acceptors (Lipinski definition) is 2. The number of rotatable bonds is 3. The summed E-state index contributed by atoms with van der Waals surface area (Å²) in [6, 6.07) is 4.01. The highest BCUT2D eigenvalue weighted by molar-refractivity contribution is 7.97. The van der Waals surface area contributed by atoms with E-state index in [1.807, 2.05) is 0 Å². The summed E-state index contributed by atoms with van der Waals surface area (Å²) in [6.45, 7) is 2.15. The van der Waals surface area contributed by atoms with E-state index in [9.17, 15) is 9.18 Å². The Morgan fingerprint density at radius 3 is 2.77 bits per heavy atom. The Morgan fingerprint density at radius 2 is 2.31 bits per heavy atom. The van der Waals surface area contributed by atoms with Crippen LogP contribution in [-0.4, -0.2) is 11.7 Å². The van der Waals surface area contributed by atoms with E-state index in [0.29, 0.717) is 6.61 Å². The van der Waals surface area contributed by atoms with E-state index in [4.69, 9.17) is 4.74 Å². The van der Waals surface area contributed by atoms with Crippen molar-refractivity contribution in [2.45, 2.75) is 6.92 Å². The summed E-state index contributed by atoms with van der Waals surface area (Å²) in [6.07, 6.45) is 0. The summed E-state index contributed by atoms with van der Waals surface area (Å²) in [4.78, 5) is 10.7. The molecule has 0 saturated heterocycles. The molecular weight excluding hydrogens is 191 g/mol. The van der Waals surface area contributed by atoms with E-state index in [1.165, 1.54) is 12.1 Å². The quantitative estimate of drug-likeness (QED) is 0.758. The maximum atomic E-state index is 13.1. The Labute approximate surface area is 81.1 Å². The molecule has 0 fully saturated rings. The van der Waals surface area contributed by atoms with Crippen molar-refractivity contribution < 1.29 is 13.9 Å². The van der Waals surface area contributed by atoms with Crippen molar-refractivity contribution in [1.29, 1.82) is 0 Å². The van der Waals surface area contributed by atoms with Crippen molar-refractivity contribution in [3.8, 4) is 5.75 Å². The fourth-order valence-electron chi connectivity index (χ4n) is 0.906. The van der Waals surface area contributed by atoms with Gasteiger partial charge in [0, 0.05) is 5.56 Å². The van der Waals surface area contributed by atoms with E-state index < -0.39 is 10.9 Å². The molecule has 0 radical (unpaired) electrons. The zero-order valence-electron chi connectivity index (χ0n) is 7.08. The Bertz CT molecular complexity index is 325. The van der Waals surface area contributed by atoms with Gasteiger partial charge in [0.2, 0.25) is 5.12 Å². The lowest BCUT2D eigenvalue weighted by Gasteiger charge is -2.04. The molecular formula is C9H9FO2S. The second-order valence-electron chi connectivity index (χ2n) is 2.38. The van der Waals surface area contributed by atoms with Crippen molar-refractivity contribution in [2.75, 3.05) is 6.61 Å². The van der Waals surface area contributed by atoms with Crippen LogP contribution in [0.3, 0.4) is 0 Å². The first kappa shape index (κ1) is 10.1. The first-order chi connectivity index (χ1) is 6.15. The van der Waals surface area contributed by atoms with Crippen LogP contribution in [0.5, 0.6) is 5.75 Å². The highest BCUT2D eigenvalue weighted by atomic mass is 32.1. The van der Waals surface area contributed by atoms with Gasteiger partial charge < -0.3 is 4.74 Å². The SMILES string of the molecule is CCOc1ccc(C(=O)S)cc1F. The molecule has 0 saturated carbocycles. The topological polar surface area (TPSA) is 26.3 Å². The maximum absolute atomic E-state index is 13.1. The maximum Gasteiger partial charge on any atom is 0.216 e. The second kappa shape index (κ2) is 4.28. The lowest BCUT2D eigenvalue weighted by molar-refractivity contribution is 0.109. The van der Waals surface area contributed by atoms with Crippen LogP contribution in [0, 0.1) is 5.82 Å². The Balaban J connectivity index is 2.98. The third-order valence-electron chi connectivity index (χ3n) is 1.48. The average molecular weight is 200 g/mol. The fourth-order valence-corrected chi connectivity index (χ4v) is 1.05. The van der Waals surface area contributed by atoms with Gasteiger partial charge in [-0.05, 0) is 25.1 Å². The van der Waals surface area contributed by atoms with Gasteiger partial charge in [0.15, 0.2) is 11.6 Å². The summed E-state index contributed by atoms with van der Waals surface area (Å²) in [7, 11) is 0. The Morgan fingerprint density at radius 1 is 1.62 bits per heavy atom. The minimum Gasteiger partial charge on any atom is -0.491 e. The van der Waals surface area contributed by atoms with Crippen LogP contribution in [0.25, 0.3) is 0 Å². The zero-order chi connectivity index (χ0) is 9.84. The zero-order valence-corrected chi connectivity index (χ0v) is 7.98. The molecule has 2 nitrogen and oxygen atoms in total. The van der Waals surface area contributed by atoms with Crippen LogP contribution < -0.4 is 4.74 Å². The number of benzene rings is 1. The minimum absolute atomic E-state index is 0.154. The lowest BCUT2D eigenvalue weighted by Crippen LogP contribution is -1.97. The predicted molar refractivity (Wildman–Crippen MR) is 50.9 cm³/mol. The summed E-state index contributed by atoms with van der Waals surface area (Å²) in [5.41, 5.74) is 0.226. The van der Waals surface area contributed by atoms with Crippen LogP contribution in [0.2, 0.25) is 0 Å². The predicted octanol–water partition coefficient (Wildman–Crippen LogP) is 2.29. The van der Waals surface area contributed by atoms with E-state index in [-0.39, 0.29) is 11.3 Å². The van der Waals surface area contributed by atoms with Crippen molar-refractivity contribution in [3.63, 3.8) is 0 Å². The molecule has 70 valence electrons. The van der Waals surface area contributed by atoms with Gasteiger partial charge in [0.1, 0.15) is 0 Å². The Kier molecular flexibility index (Phi) is 3.31. The third-order valence-corrected chi connectivity index (χ3v) is 1.74. The fraction of sp³-hybridized carbons (Fsp3) is 0.222. The smallest absolute Gasteiger partial charge is 0.216 e.